The Kier molecular flexibility index (Phi) is 5.06. The van der Waals surface area contributed by atoms with Crippen LogP contribution in [0.5, 0.6) is 0 Å². The van der Waals surface area contributed by atoms with Crippen LogP contribution in [-0.2, 0) is 14.8 Å². The molecule has 4 rings (SSSR count). The number of aromatic nitrogens is 1. The molecule has 0 unspecified atom stereocenters. The lowest BCUT2D eigenvalue weighted by Crippen LogP contribution is -2.50. The first-order valence-corrected chi connectivity index (χ1v) is 11.5. The zero-order valence-corrected chi connectivity index (χ0v) is 18.6. The van der Waals surface area contributed by atoms with Gasteiger partial charge in [-0.1, -0.05) is 35.9 Å². The van der Waals surface area contributed by atoms with Crippen molar-refractivity contribution in [2.24, 2.45) is 0 Å². The molecule has 0 bridgehead atoms. The van der Waals surface area contributed by atoms with Crippen molar-refractivity contribution in [2.45, 2.75) is 37.2 Å². The topological polar surface area (TPSA) is 68.6 Å². The van der Waals surface area contributed by atoms with Crippen LogP contribution < -0.4 is 0 Å². The Morgan fingerprint density at radius 3 is 2.40 bits per heavy atom. The molecule has 0 aliphatic carbocycles. The standard InChI is InChI=1S/C22H23ClN2O4S/c1-22(2,3)29-21(26)24-12-16(13-24)15-9-10-20-18(11-15)19(23)14-25(20)30(27,28)17-7-5-4-6-8-17/h4-11,14,16H,12-13H2,1-3H3. The molecule has 0 N–H and O–H groups in total. The lowest BCUT2D eigenvalue weighted by molar-refractivity contribution is 0.00820. The Morgan fingerprint density at radius 2 is 1.77 bits per heavy atom. The normalized spacial score (nSPS) is 15.3. The summed E-state index contributed by atoms with van der Waals surface area (Å²) in [4.78, 5) is 14.0. The molecule has 3 aromatic rings. The largest absolute Gasteiger partial charge is 0.444 e. The zero-order chi connectivity index (χ0) is 21.7. The number of likely N-dealkylation sites (tertiary alicyclic amines) is 1. The summed E-state index contributed by atoms with van der Waals surface area (Å²) in [6, 6.07) is 13.8. The first kappa shape index (κ1) is 20.8. The van der Waals surface area contributed by atoms with Gasteiger partial charge in [0.1, 0.15) is 5.60 Å². The molecular formula is C22H23ClN2O4S. The Bertz CT molecular complexity index is 1210. The van der Waals surface area contributed by atoms with Crippen LogP contribution in [0.1, 0.15) is 32.3 Å². The van der Waals surface area contributed by atoms with E-state index in [1.807, 2.05) is 32.9 Å². The molecule has 1 aliphatic rings. The molecule has 1 amide bonds. The van der Waals surface area contributed by atoms with Crippen LogP contribution in [0.25, 0.3) is 10.9 Å². The summed E-state index contributed by atoms with van der Waals surface area (Å²) in [5, 5.41) is 1.04. The smallest absolute Gasteiger partial charge is 0.410 e. The summed E-state index contributed by atoms with van der Waals surface area (Å²) in [6.07, 6.45) is 1.12. The van der Waals surface area contributed by atoms with E-state index in [0.29, 0.717) is 29.0 Å². The fraction of sp³-hybridized carbons (Fsp3) is 0.318. The van der Waals surface area contributed by atoms with Gasteiger partial charge in [-0.3, -0.25) is 0 Å². The number of benzene rings is 2. The molecule has 0 atom stereocenters. The van der Waals surface area contributed by atoms with Crippen LogP contribution >= 0.6 is 11.6 Å². The van der Waals surface area contributed by atoms with Gasteiger partial charge in [-0.2, -0.15) is 0 Å². The third kappa shape index (κ3) is 3.79. The van der Waals surface area contributed by atoms with Crippen molar-refractivity contribution < 1.29 is 17.9 Å². The molecule has 6 nitrogen and oxygen atoms in total. The minimum absolute atomic E-state index is 0.159. The van der Waals surface area contributed by atoms with Crippen LogP contribution in [0, 0.1) is 0 Å². The molecule has 1 aliphatic heterocycles. The highest BCUT2D eigenvalue weighted by atomic mass is 35.5. The molecule has 1 aromatic heterocycles. The number of hydrogen-bond donors (Lipinski definition) is 0. The van der Waals surface area contributed by atoms with E-state index in [4.69, 9.17) is 16.3 Å². The summed E-state index contributed by atoms with van der Waals surface area (Å²) in [5.74, 6) is 0.159. The van der Waals surface area contributed by atoms with Gasteiger partial charge in [0.2, 0.25) is 0 Å². The summed E-state index contributed by atoms with van der Waals surface area (Å²) >= 11 is 6.39. The van der Waals surface area contributed by atoms with E-state index in [1.165, 1.54) is 10.2 Å². The molecule has 158 valence electrons. The highest BCUT2D eigenvalue weighted by Crippen LogP contribution is 2.34. The lowest BCUT2D eigenvalue weighted by Gasteiger charge is -2.40. The van der Waals surface area contributed by atoms with E-state index < -0.39 is 15.6 Å². The maximum Gasteiger partial charge on any atom is 0.410 e. The molecule has 1 fully saturated rings. The molecule has 8 heteroatoms. The lowest BCUT2D eigenvalue weighted by atomic mass is 9.91. The molecule has 0 saturated carbocycles. The minimum atomic E-state index is -3.74. The van der Waals surface area contributed by atoms with Crippen molar-refractivity contribution in [3.8, 4) is 0 Å². The van der Waals surface area contributed by atoms with Crippen molar-refractivity contribution in [3.05, 3.63) is 65.3 Å². The van der Waals surface area contributed by atoms with E-state index in [2.05, 4.69) is 0 Å². The molecule has 0 radical (unpaired) electrons. The molecule has 2 aromatic carbocycles. The van der Waals surface area contributed by atoms with Gasteiger partial charge in [0.15, 0.2) is 0 Å². The minimum Gasteiger partial charge on any atom is -0.444 e. The van der Waals surface area contributed by atoms with Gasteiger partial charge in [0, 0.05) is 30.6 Å². The van der Waals surface area contributed by atoms with E-state index in [1.54, 1.807) is 41.3 Å². The monoisotopic (exact) mass is 446 g/mol. The summed E-state index contributed by atoms with van der Waals surface area (Å²) < 4.78 is 32.7. The van der Waals surface area contributed by atoms with Crippen molar-refractivity contribution in [1.82, 2.24) is 8.87 Å². The molecular weight excluding hydrogens is 424 g/mol. The van der Waals surface area contributed by atoms with Gasteiger partial charge in [-0.25, -0.2) is 17.2 Å². The van der Waals surface area contributed by atoms with Gasteiger partial charge in [-0.15, -0.1) is 0 Å². The number of rotatable bonds is 3. The van der Waals surface area contributed by atoms with Gasteiger partial charge in [-0.05, 0) is 50.6 Å². The first-order valence-electron chi connectivity index (χ1n) is 9.65. The van der Waals surface area contributed by atoms with Crippen LogP contribution in [0.2, 0.25) is 5.02 Å². The quantitative estimate of drug-likeness (QED) is 0.575. The average Bonchev–Trinajstić information content (AvgIpc) is 2.97. The van der Waals surface area contributed by atoms with Crippen LogP contribution in [-0.4, -0.2) is 42.1 Å². The third-order valence-electron chi connectivity index (χ3n) is 5.05. The SMILES string of the molecule is CC(C)(C)OC(=O)N1CC(c2ccc3c(c2)c(Cl)cn3S(=O)(=O)c2ccccc2)C1. The van der Waals surface area contributed by atoms with Crippen molar-refractivity contribution in [2.75, 3.05) is 13.1 Å². The van der Waals surface area contributed by atoms with Crippen LogP contribution in [0.3, 0.4) is 0 Å². The second kappa shape index (κ2) is 7.32. The number of amides is 1. The van der Waals surface area contributed by atoms with Crippen LogP contribution in [0.4, 0.5) is 4.79 Å². The molecule has 1 saturated heterocycles. The fourth-order valence-electron chi connectivity index (χ4n) is 3.50. The number of fused-ring (bicyclic) bond motifs is 1. The first-order chi connectivity index (χ1) is 14.1. The molecule has 0 spiro atoms. The van der Waals surface area contributed by atoms with Gasteiger partial charge < -0.3 is 9.64 Å². The molecule has 30 heavy (non-hydrogen) atoms. The Balaban J connectivity index is 1.59. The van der Waals surface area contributed by atoms with E-state index in [-0.39, 0.29) is 16.9 Å². The van der Waals surface area contributed by atoms with Gasteiger partial charge in [0.05, 0.1) is 15.4 Å². The summed E-state index contributed by atoms with van der Waals surface area (Å²) in [6.45, 7) is 6.63. The Hall–Kier alpha value is -2.51. The molecule has 2 heterocycles. The second-order valence-corrected chi connectivity index (χ2v) is 10.7. The highest BCUT2D eigenvalue weighted by molar-refractivity contribution is 7.90. The number of carbonyl (C=O) groups excluding carboxylic acids is 1. The van der Waals surface area contributed by atoms with E-state index in [0.717, 1.165) is 5.56 Å². The number of hydrogen-bond acceptors (Lipinski definition) is 4. The second-order valence-electron chi connectivity index (χ2n) is 8.45. The number of halogens is 1. The van der Waals surface area contributed by atoms with E-state index >= 15 is 0 Å². The Labute approximate surface area is 181 Å². The maximum absolute atomic E-state index is 13.0. The predicted octanol–water partition coefficient (Wildman–Crippen LogP) is 4.87. The van der Waals surface area contributed by atoms with Gasteiger partial charge in [0.25, 0.3) is 10.0 Å². The Morgan fingerprint density at radius 1 is 1.10 bits per heavy atom. The summed E-state index contributed by atoms with van der Waals surface area (Å²) in [5.41, 5.74) is 1.01. The number of nitrogens with zero attached hydrogens (tertiary/aromatic N) is 2. The van der Waals surface area contributed by atoms with Crippen LogP contribution in [0.15, 0.2) is 59.6 Å². The van der Waals surface area contributed by atoms with Crippen molar-refractivity contribution in [1.29, 1.82) is 0 Å². The van der Waals surface area contributed by atoms with E-state index in [9.17, 15) is 13.2 Å². The van der Waals surface area contributed by atoms with Crippen molar-refractivity contribution in [3.63, 3.8) is 0 Å². The predicted molar refractivity (Wildman–Crippen MR) is 117 cm³/mol. The zero-order valence-electron chi connectivity index (χ0n) is 17.0. The fourth-order valence-corrected chi connectivity index (χ4v) is 5.20. The number of ether oxygens (including phenoxy) is 1. The number of carbonyl (C=O) groups is 1. The average molecular weight is 447 g/mol. The van der Waals surface area contributed by atoms with Crippen molar-refractivity contribution >= 4 is 38.6 Å². The third-order valence-corrected chi connectivity index (χ3v) is 7.04. The highest BCUT2D eigenvalue weighted by Gasteiger charge is 2.35. The summed E-state index contributed by atoms with van der Waals surface area (Å²) in [7, 11) is -3.74. The maximum atomic E-state index is 13.0. The van der Waals surface area contributed by atoms with Gasteiger partial charge >= 0.3 is 6.09 Å².